The van der Waals surface area contributed by atoms with Gasteiger partial charge in [0.2, 0.25) is 0 Å². The third-order valence-corrected chi connectivity index (χ3v) is 8.14. The monoisotopic (exact) mass is 386 g/mol. The lowest BCUT2D eigenvalue weighted by Crippen LogP contribution is -2.48. The molecule has 0 saturated heterocycles. The van der Waals surface area contributed by atoms with Crippen molar-refractivity contribution in [1.82, 2.24) is 0 Å². The molecule has 0 spiro atoms. The van der Waals surface area contributed by atoms with Crippen LogP contribution in [0.25, 0.3) is 0 Å². The highest BCUT2D eigenvalue weighted by molar-refractivity contribution is 5.91. The van der Waals surface area contributed by atoms with Crippen LogP contribution in [0.3, 0.4) is 0 Å². The van der Waals surface area contributed by atoms with E-state index in [0.717, 1.165) is 38.5 Å². The SMILES string of the molecule is CC(C)(C)C(=O)OCC[C@]12CCC3C4CCC(=O)C=C4CCC3C1CCC2=O. The molecule has 0 N–H and O–H groups in total. The first-order valence-electron chi connectivity index (χ1n) is 11.2. The number of carbonyl (C=O) groups excluding carboxylic acids is 3. The molecular formula is C24H34O4. The van der Waals surface area contributed by atoms with Crippen molar-refractivity contribution in [2.45, 2.75) is 78.6 Å². The summed E-state index contributed by atoms with van der Waals surface area (Å²) in [7, 11) is 0. The summed E-state index contributed by atoms with van der Waals surface area (Å²) in [6.45, 7) is 5.96. The van der Waals surface area contributed by atoms with E-state index in [0.29, 0.717) is 61.1 Å². The van der Waals surface area contributed by atoms with E-state index in [1.807, 2.05) is 26.8 Å². The number of allylic oxidation sites excluding steroid dienone is 1. The summed E-state index contributed by atoms with van der Waals surface area (Å²) < 4.78 is 5.56. The summed E-state index contributed by atoms with van der Waals surface area (Å²) >= 11 is 0. The Morgan fingerprint density at radius 2 is 1.86 bits per heavy atom. The number of hydrogen-bond donors (Lipinski definition) is 0. The second kappa shape index (κ2) is 7.11. The number of Topliss-reactive ketones (excluding diaryl/α,β-unsaturated/α-hetero) is 1. The van der Waals surface area contributed by atoms with Gasteiger partial charge in [-0.25, -0.2) is 0 Å². The summed E-state index contributed by atoms with van der Waals surface area (Å²) in [4.78, 5) is 37.0. The zero-order valence-electron chi connectivity index (χ0n) is 17.6. The number of ketones is 2. The summed E-state index contributed by atoms with van der Waals surface area (Å²) in [5.74, 6) is 2.74. The van der Waals surface area contributed by atoms with E-state index in [9.17, 15) is 14.4 Å². The van der Waals surface area contributed by atoms with Crippen molar-refractivity contribution in [3.8, 4) is 0 Å². The minimum absolute atomic E-state index is 0.182. The lowest BCUT2D eigenvalue weighted by molar-refractivity contribution is -0.156. The first-order chi connectivity index (χ1) is 13.2. The molecule has 3 fully saturated rings. The number of carbonyl (C=O) groups is 3. The Bertz CT molecular complexity index is 713. The van der Waals surface area contributed by atoms with Crippen LogP contribution in [0.1, 0.15) is 78.6 Å². The van der Waals surface area contributed by atoms with Crippen LogP contribution in [-0.4, -0.2) is 24.1 Å². The maximum Gasteiger partial charge on any atom is 0.311 e. The van der Waals surface area contributed by atoms with Gasteiger partial charge in [-0.1, -0.05) is 5.57 Å². The Balaban J connectivity index is 1.49. The highest BCUT2D eigenvalue weighted by atomic mass is 16.5. The Hall–Kier alpha value is -1.45. The number of rotatable bonds is 3. The molecule has 0 heterocycles. The fourth-order valence-electron chi connectivity index (χ4n) is 6.76. The van der Waals surface area contributed by atoms with E-state index in [1.54, 1.807) is 0 Å². The van der Waals surface area contributed by atoms with Crippen LogP contribution in [0.15, 0.2) is 11.6 Å². The van der Waals surface area contributed by atoms with Crippen LogP contribution in [0.4, 0.5) is 0 Å². The topological polar surface area (TPSA) is 60.4 Å². The van der Waals surface area contributed by atoms with Gasteiger partial charge in [-0.2, -0.15) is 0 Å². The van der Waals surface area contributed by atoms with Crippen molar-refractivity contribution >= 4 is 17.5 Å². The molecule has 4 heteroatoms. The van der Waals surface area contributed by atoms with E-state index in [4.69, 9.17) is 4.74 Å². The minimum Gasteiger partial charge on any atom is -0.465 e. The fourth-order valence-corrected chi connectivity index (χ4v) is 6.76. The molecule has 0 aromatic heterocycles. The zero-order chi connectivity index (χ0) is 20.1. The predicted octanol–water partition coefficient (Wildman–Crippen LogP) is 4.66. The van der Waals surface area contributed by atoms with Gasteiger partial charge in [0.15, 0.2) is 5.78 Å². The van der Waals surface area contributed by atoms with Gasteiger partial charge >= 0.3 is 5.97 Å². The van der Waals surface area contributed by atoms with Crippen molar-refractivity contribution in [2.75, 3.05) is 6.61 Å². The minimum atomic E-state index is -0.501. The molecule has 0 radical (unpaired) electrons. The first-order valence-corrected chi connectivity index (χ1v) is 11.2. The van der Waals surface area contributed by atoms with Crippen molar-refractivity contribution in [2.24, 2.45) is 34.5 Å². The molecule has 0 amide bonds. The van der Waals surface area contributed by atoms with Gasteiger partial charge in [0, 0.05) is 18.3 Å². The molecule has 4 aliphatic carbocycles. The molecule has 0 aromatic rings. The molecule has 4 nitrogen and oxygen atoms in total. The molecule has 0 bridgehead atoms. The van der Waals surface area contributed by atoms with Crippen molar-refractivity contribution in [3.05, 3.63) is 11.6 Å². The summed E-state index contributed by atoms with van der Waals surface area (Å²) in [6, 6.07) is 0. The van der Waals surface area contributed by atoms with Crippen LogP contribution in [0, 0.1) is 34.5 Å². The molecule has 4 unspecified atom stereocenters. The Labute approximate surface area is 168 Å². The van der Waals surface area contributed by atoms with Crippen LogP contribution in [-0.2, 0) is 19.1 Å². The van der Waals surface area contributed by atoms with Gasteiger partial charge < -0.3 is 4.74 Å². The third kappa shape index (κ3) is 3.27. The van der Waals surface area contributed by atoms with Gasteiger partial charge in [-0.15, -0.1) is 0 Å². The molecule has 3 saturated carbocycles. The average molecular weight is 387 g/mol. The molecule has 0 aliphatic heterocycles. The maximum atomic E-state index is 13.0. The summed E-state index contributed by atoms with van der Waals surface area (Å²) in [5, 5.41) is 0. The number of esters is 1. The van der Waals surface area contributed by atoms with Crippen LogP contribution < -0.4 is 0 Å². The van der Waals surface area contributed by atoms with Gasteiger partial charge in [-0.3, -0.25) is 14.4 Å². The second-order valence-electron chi connectivity index (χ2n) is 10.6. The number of ether oxygens (including phenoxy) is 1. The third-order valence-electron chi connectivity index (χ3n) is 8.14. The van der Waals surface area contributed by atoms with E-state index >= 15 is 0 Å². The van der Waals surface area contributed by atoms with Crippen molar-refractivity contribution in [3.63, 3.8) is 0 Å². The average Bonchev–Trinajstić information content (AvgIpc) is 2.97. The van der Waals surface area contributed by atoms with Crippen LogP contribution in [0.5, 0.6) is 0 Å². The van der Waals surface area contributed by atoms with E-state index < -0.39 is 5.41 Å². The number of fused-ring (bicyclic) bond motifs is 5. The van der Waals surface area contributed by atoms with E-state index in [1.165, 1.54) is 5.57 Å². The highest BCUT2D eigenvalue weighted by Gasteiger charge is 2.58. The predicted molar refractivity (Wildman–Crippen MR) is 106 cm³/mol. The van der Waals surface area contributed by atoms with Crippen LogP contribution >= 0.6 is 0 Å². The lowest BCUT2D eigenvalue weighted by atomic mass is 9.51. The molecule has 0 aromatic carbocycles. The first kappa shape index (κ1) is 19.8. The second-order valence-corrected chi connectivity index (χ2v) is 10.6. The normalized spacial score (nSPS) is 37.6. The van der Waals surface area contributed by atoms with E-state index in [2.05, 4.69) is 0 Å². The van der Waals surface area contributed by atoms with Crippen LogP contribution in [0.2, 0.25) is 0 Å². The standard InChI is InChI=1S/C24H34O4/c1-23(2,3)22(27)28-13-12-24-11-10-18-17-7-5-16(25)14-15(17)4-6-19(18)20(24)8-9-21(24)26/h14,17-20H,4-13H2,1-3H3/t17?,18?,19?,20?,24-/m1/s1. The van der Waals surface area contributed by atoms with Crippen molar-refractivity contribution in [1.29, 1.82) is 0 Å². The Morgan fingerprint density at radius 3 is 2.61 bits per heavy atom. The highest BCUT2D eigenvalue weighted by Crippen LogP contribution is 2.61. The van der Waals surface area contributed by atoms with Gasteiger partial charge in [0.25, 0.3) is 0 Å². The number of hydrogen-bond acceptors (Lipinski definition) is 4. The Morgan fingerprint density at radius 1 is 1.07 bits per heavy atom. The molecule has 154 valence electrons. The molecule has 5 atom stereocenters. The fraction of sp³-hybridized carbons (Fsp3) is 0.792. The smallest absolute Gasteiger partial charge is 0.311 e. The molecule has 4 aliphatic rings. The summed E-state index contributed by atoms with van der Waals surface area (Å²) in [5.41, 5.74) is 0.609. The van der Waals surface area contributed by atoms with Gasteiger partial charge in [0.05, 0.1) is 12.0 Å². The summed E-state index contributed by atoms with van der Waals surface area (Å²) in [6.07, 6.45) is 10.1. The molecular weight excluding hydrogens is 352 g/mol. The van der Waals surface area contributed by atoms with E-state index in [-0.39, 0.29) is 11.4 Å². The largest absolute Gasteiger partial charge is 0.465 e. The molecule has 28 heavy (non-hydrogen) atoms. The zero-order valence-corrected chi connectivity index (χ0v) is 17.6. The molecule has 4 rings (SSSR count). The maximum absolute atomic E-state index is 13.0. The quantitative estimate of drug-likeness (QED) is 0.662. The lowest BCUT2D eigenvalue weighted by Gasteiger charge is -2.53. The van der Waals surface area contributed by atoms with Crippen molar-refractivity contribution < 1.29 is 19.1 Å². The Kier molecular flexibility index (Phi) is 5.04. The van der Waals surface area contributed by atoms with Gasteiger partial charge in [0.1, 0.15) is 5.78 Å². The van der Waals surface area contributed by atoms with Gasteiger partial charge in [-0.05, 0) is 95.5 Å².